The maximum Gasteiger partial charge on any atom is 0.231 e. The maximum absolute atomic E-state index is 12.8. The molecule has 130 valence electrons. The Labute approximate surface area is 143 Å². The number of hydrogen-bond acceptors (Lipinski definition) is 3. The molecular weight excluding hydrogens is 302 g/mol. The number of benzene rings is 1. The van der Waals surface area contributed by atoms with Gasteiger partial charge in [0.05, 0.1) is 6.54 Å². The minimum Gasteiger partial charge on any atom is -0.369 e. The molecule has 2 amide bonds. The highest BCUT2D eigenvalue weighted by atomic mass is 16.2. The highest BCUT2D eigenvalue weighted by molar-refractivity contribution is 5.83. The van der Waals surface area contributed by atoms with Gasteiger partial charge in [0.1, 0.15) is 0 Å². The zero-order chi connectivity index (χ0) is 17.3. The van der Waals surface area contributed by atoms with Gasteiger partial charge < -0.3 is 10.6 Å². The monoisotopic (exact) mass is 329 g/mol. The van der Waals surface area contributed by atoms with Crippen LogP contribution in [0.3, 0.4) is 0 Å². The summed E-state index contributed by atoms with van der Waals surface area (Å²) in [6.45, 7) is 7.57. The lowest BCUT2D eigenvalue weighted by molar-refractivity contribution is -0.132. The molecule has 1 aliphatic heterocycles. The first-order chi connectivity index (χ1) is 11.5. The van der Waals surface area contributed by atoms with Crippen LogP contribution in [-0.2, 0) is 9.59 Å². The fourth-order valence-electron chi connectivity index (χ4n) is 3.64. The highest BCUT2D eigenvalue weighted by Gasteiger charge is 2.45. The van der Waals surface area contributed by atoms with Crippen LogP contribution in [0.1, 0.15) is 35.4 Å². The van der Waals surface area contributed by atoms with Crippen molar-refractivity contribution in [1.82, 2.24) is 9.80 Å². The van der Waals surface area contributed by atoms with Crippen LogP contribution in [0.25, 0.3) is 0 Å². The van der Waals surface area contributed by atoms with E-state index in [0.717, 1.165) is 32.5 Å². The summed E-state index contributed by atoms with van der Waals surface area (Å²) in [5.74, 6) is 0.488. The number of hydrogen-bond donors (Lipinski definition) is 1. The SMILES string of the molecule is Cc1ccc([C@@H]2C[C@H]2C(=O)N2CCCN(CC(N)=O)CC2)cc1C. The second kappa shape index (κ2) is 6.93. The van der Waals surface area contributed by atoms with Gasteiger partial charge in [0.15, 0.2) is 0 Å². The minimum absolute atomic E-state index is 0.134. The van der Waals surface area contributed by atoms with Crippen molar-refractivity contribution in [1.29, 1.82) is 0 Å². The molecule has 0 radical (unpaired) electrons. The van der Waals surface area contributed by atoms with Crippen molar-refractivity contribution in [2.45, 2.75) is 32.6 Å². The van der Waals surface area contributed by atoms with E-state index >= 15 is 0 Å². The Bertz CT molecular complexity index is 643. The molecule has 5 heteroatoms. The van der Waals surface area contributed by atoms with Crippen molar-refractivity contribution in [2.75, 3.05) is 32.7 Å². The summed E-state index contributed by atoms with van der Waals surface area (Å²) in [5.41, 5.74) is 9.15. The van der Waals surface area contributed by atoms with Crippen LogP contribution in [0.2, 0.25) is 0 Å². The Balaban J connectivity index is 1.57. The smallest absolute Gasteiger partial charge is 0.231 e. The number of carbonyl (C=O) groups excluding carboxylic acids is 2. The number of rotatable bonds is 4. The number of primary amides is 1. The van der Waals surface area contributed by atoms with Crippen molar-refractivity contribution < 1.29 is 9.59 Å². The predicted octanol–water partition coefficient (Wildman–Crippen LogP) is 1.43. The van der Waals surface area contributed by atoms with Gasteiger partial charge in [-0.05, 0) is 49.3 Å². The molecule has 1 aromatic rings. The molecule has 1 aliphatic carbocycles. The molecule has 2 N–H and O–H groups in total. The first-order valence-corrected chi connectivity index (χ1v) is 8.82. The van der Waals surface area contributed by atoms with Gasteiger partial charge in [-0.25, -0.2) is 0 Å². The van der Waals surface area contributed by atoms with E-state index in [-0.39, 0.29) is 24.3 Å². The number of nitrogens with zero attached hydrogens (tertiary/aromatic N) is 2. The molecule has 0 bridgehead atoms. The topological polar surface area (TPSA) is 66.6 Å². The van der Waals surface area contributed by atoms with E-state index in [1.54, 1.807) is 0 Å². The van der Waals surface area contributed by atoms with E-state index in [9.17, 15) is 9.59 Å². The normalized spacial score (nSPS) is 24.5. The van der Waals surface area contributed by atoms with Gasteiger partial charge >= 0.3 is 0 Å². The maximum atomic E-state index is 12.8. The van der Waals surface area contributed by atoms with E-state index in [0.29, 0.717) is 12.5 Å². The van der Waals surface area contributed by atoms with Gasteiger partial charge in [0, 0.05) is 32.1 Å². The minimum atomic E-state index is -0.299. The quantitative estimate of drug-likeness (QED) is 0.909. The Hall–Kier alpha value is -1.88. The second-order valence-electron chi connectivity index (χ2n) is 7.21. The van der Waals surface area contributed by atoms with Gasteiger partial charge in [-0.1, -0.05) is 18.2 Å². The molecule has 1 heterocycles. The molecule has 2 atom stereocenters. The number of amides is 2. The van der Waals surface area contributed by atoms with Crippen molar-refractivity contribution in [3.8, 4) is 0 Å². The summed E-state index contributed by atoms with van der Waals surface area (Å²) >= 11 is 0. The van der Waals surface area contributed by atoms with Gasteiger partial charge in [0.25, 0.3) is 0 Å². The largest absolute Gasteiger partial charge is 0.369 e. The first kappa shape index (κ1) is 17.0. The molecule has 0 spiro atoms. The van der Waals surface area contributed by atoms with Gasteiger partial charge in [-0.2, -0.15) is 0 Å². The summed E-state index contributed by atoms with van der Waals surface area (Å²) in [6, 6.07) is 6.54. The van der Waals surface area contributed by atoms with E-state index < -0.39 is 0 Å². The Morgan fingerprint density at radius 2 is 1.92 bits per heavy atom. The molecule has 1 saturated heterocycles. The Morgan fingerprint density at radius 3 is 2.62 bits per heavy atom. The lowest BCUT2D eigenvalue weighted by Crippen LogP contribution is -2.38. The zero-order valence-corrected chi connectivity index (χ0v) is 14.6. The van der Waals surface area contributed by atoms with Crippen molar-refractivity contribution in [2.24, 2.45) is 11.7 Å². The average Bonchev–Trinajstić information content (AvgIpc) is 3.33. The van der Waals surface area contributed by atoms with Gasteiger partial charge in [0.2, 0.25) is 11.8 Å². The molecule has 1 saturated carbocycles. The van der Waals surface area contributed by atoms with Crippen LogP contribution in [0.5, 0.6) is 0 Å². The van der Waals surface area contributed by atoms with Crippen LogP contribution < -0.4 is 5.73 Å². The van der Waals surface area contributed by atoms with Crippen molar-refractivity contribution in [3.05, 3.63) is 34.9 Å². The summed E-state index contributed by atoms with van der Waals surface area (Å²) in [5, 5.41) is 0. The summed E-state index contributed by atoms with van der Waals surface area (Å²) in [7, 11) is 0. The summed E-state index contributed by atoms with van der Waals surface area (Å²) in [4.78, 5) is 27.9. The predicted molar refractivity (Wildman–Crippen MR) is 93.6 cm³/mol. The molecule has 0 unspecified atom stereocenters. The summed E-state index contributed by atoms with van der Waals surface area (Å²) in [6.07, 6.45) is 1.86. The summed E-state index contributed by atoms with van der Waals surface area (Å²) < 4.78 is 0. The fourth-order valence-corrected chi connectivity index (χ4v) is 3.64. The van der Waals surface area contributed by atoms with Crippen molar-refractivity contribution >= 4 is 11.8 Å². The molecule has 2 fully saturated rings. The lowest BCUT2D eigenvalue weighted by Gasteiger charge is -2.21. The van der Waals surface area contributed by atoms with Crippen LogP contribution >= 0.6 is 0 Å². The molecule has 1 aromatic carbocycles. The van der Waals surface area contributed by atoms with Crippen molar-refractivity contribution in [3.63, 3.8) is 0 Å². The molecule has 3 rings (SSSR count). The van der Waals surface area contributed by atoms with Crippen LogP contribution in [0, 0.1) is 19.8 Å². The van der Waals surface area contributed by atoms with E-state index in [1.165, 1.54) is 16.7 Å². The lowest BCUT2D eigenvalue weighted by atomic mass is 10.0. The molecule has 5 nitrogen and oxygen atoms in total. The molecule has 24 heavy (non-hydrogen) atoms. The highest BCUT2D eigenvalue weighted by Crippen LogP contribution is 2.48. The third-order valence-corrected chi connectivity index (χ3v) is 5.35. The zero-order valence-electron chi connectivity index (χ0n) is 14.6. The number of nitrogens with two attached hydrogens (primary N) is 1. The average molecular weight is 329 g/mol. The second-order valence-corrected chi connectivity index (χ2v) is 7.21. The standard InChI is InChI=1S/C19H27N3O2/c1-13-4-5-15(10-14(13)2)16-11-17(16)19(24)22-7-3-6-21(8-9-22)12-18(20)23/h4-5,10,16-17H,3,6-9,11-12H2,1-2H3,(H2,20,23)/t16-,17+/m0/s1. The molecular formula is C19H27N3O2. The molecule has 0 aromatic heterocycles. The first-order valence-electron chi connectivity index (χ1n) is 8.82. The number of carbonyl (C=O) groups is 2. The number of aryl methyl sites for hydroxylation is 2. The van der Waals surface area contributed by atoms with Gasteiger partial charge in [-0.3, -0.25) is 14.5 Å². The van der Waals surface area contributed by atoms with E-state index in [2.05, 4.69) is 32.0 Å². The third-order valence-electron chi connectivity index (χ3n) is 5.35. The van der Waals surface area contributed by atoms with Crippen LogP contribution in [0.4, 0.5) is 0 Å². The fraction of sp³-hybridized carbons (Fsp3) is 0.579. The third kappa shape index (κ3) is 3.78. The Kier molecular flexibility index (Phi) is 4.90. The van der Waals surface area contributed by atoms with E-state index in [1.807, 2.05) is 9.80 Å². The van der Waals surface area contributed by atoms with Crippen LogP contribution in [-0.4, -0.2) is 54.3 Å². The van der Waals surface area contributed by atoms with Crippen LogP contribution in [0.15, 0.2) is 18.2 Å². The molecule has 2 aliphatic rings. The van der Waals surface area contributed by atoms with E-state index in [4.69, 9.17) is 5.73 Å². The Morgan fingerprint density at radius 1 is 1.12 bits per heavy atom. The van der Waals surface area contributed by atoms with Gasteiger partial charge in [-0.15, -0.1) is 0 Å².